The van der Waals surface area contributed by atoms with Crippen LogP contribution in [0.1, 0.15) is 16.8 Å². The molecule has 0 bridgehead atoms. The van der Waals surface area contributed by atoms with Gasteiger partial charge in [0.1, 0.15) is 11.3 Å². The van der Waals surface area contributed by atoms with Crippen molar-refractivity contribution in [2.24, 2.45) is 0 Å². The Morgan fingerprint density at radius 1 is 1.47 bits per heavy atom. The number of hydrogen-bond donors (Lipinski definition) is 1. The topological polar surface area (TPSA) is 81.9 Å². The van der Waals surface area contributed by atoms with Gasteiger partial charge in [0.25, 0.3) is 5.91 Å². The van der Waals surface area contributed by atoms with Gasteiger partial charge in [0.2, 0.25) is 0 Å². The minimum Gasteiger partial charge on any atom is -0.480 e. The maximum Gasteiger partial charge on any atom is 0.341 e. The first-order valence-electron chi connectivity index (χ1n) is 5.92. The lowest BCUT2D eigenvalue weighted by molar-refractivity contribution is -0.132. The largest absolute Gasteiger partial charge is 0.480 e. The van der Waals surface area contributed by atoms with E-state index >= 15 is 0 Å². The van der Waals surface area contributed by atoms with Gasteiger partial charge in [0.15, 0.2) is 6.10 Å². The number of carbonyl (C=O) groups excluding carboxylic acids is 2. The van der Waals surface area contributed by atoms with Crippen LogP contribution in [0.2, 0.25) is 0 Å². The molecule has 1 aromatic rings. The van der Waals surface area contributed by atoms with Crippen LogP contribution in [0.5, 0.6) is 5.75 Å². The third-order valence-electron chi connectivity index (χ3n) is 3.06. The van der Waals surface area contributed by atoms with E-state index in [4.69, 9.17) is 10.5 Å². The van der Waals surface area contributed by atoms with Crippen LogP contribution in [0.4, 0.5) is 5.69 Å². The molecule has 6 nitrogen and oxygen atoms in total. The molecular formula is C13H16N2O4. The molecule has 0 aliphatic carbocycles. The van der Waals surface area contributed by atoms with Crippen molar-refractivity contribution in [1.29, 1.82) is 0 Å². The predicted molar refractivity (Wildman–Crippen MR) is 68.9 cm³/mol. The minimum absolute atomic E-state index is 0.0901. The van der Waals surface area contributed by atoms with Crippen LogP contribution in [0.15, 0.2) is 18.2 Å². The molecule has 1 heterocycles. The van der Waals surface area contributed by atoms with Gasteiger partial charge in [-0.2, -0.15) is 0 Å². The number of nitrogens with two attached hydrogens (primary N) is 1. The van der Waals surface area contributed by atoms with Crippen molar-refractivity contribution in [3.8, 4) is 5.75 Å². The van der Waals surface area contributed by atoms with E-state index in [2.05, 4.69) is 4.74 Å². The number of likely N-dealkylation sites (N-methyl/N-ethyl adjacent to an activating group) is 1. The number of carbonyl (C=O) groups is 2. The van der Waals surface area contributed by atoms with Crippen LogP contribution in [0, 0.1) is 0 Å². The molecule has 1 atom stereocenters. The number of ether oxygens (including phenoxy) is 2. The van der Waals surface area contributed by atoms with Crippen molar-refractivity contribution in [2.45, 2.75) is 12.5 Å². The summed E-state index contributed by atoms with van der Waals surface area (Å²) in [5, 5.41) is 0. The summed E-state index contributed by atoms with van der Waals surface area (Å²) in [6, 6.07) is 4.67. The standard InChI is InChI=1S/C13H16N2O4/c1-15-6-5-11(12(15)16)19-10-4-3-8(14)7-9(10)13(17)18-2/h3-4,7,11H,5-6,14H2,1-2H3. The molecular weight excluding hydrogens is 248 g/mol. The van der Waals surface area contributed by atoms with E-state index in [1.165, 1.54) is 13.2 Å². The van der Waals surface area contributed by atoms with Gasteiger partial charge in [0, 0.05) is 25.7 Å². The summed E-state index contributed by atoms with van der Waals surface area (Å²) in [6.07, 6.45) is 0.0392. The first-order chi connectivity index (χ1) is 9.02. The summed E-state index contributed by atoms with van der Waals surface area (Å²) in [4.78, 5) is 25.0. The molecule has 1 saturated heterocycles. The Kier molecular flexibility index (Phi) is 3.59. The van der Waals surface area contributed by atoms with Crippen LogP contribution >= 0.6 is 0 Å². The fourth-order valence-electron chi connectivity index (χ4n) is 1.97. The number of hydrogen-bond acceptors (Lipinski definition) is 5. The Morgan fingerprint density at radius 3 is 2.79 bits per heavy atom. The minimum atomic E-state index is -0.558. The number of rotatable bonds is 3. The lowest BCUT2D eigenvalue weighted by atomic mass is 10.1. The monoisotopic (exact) mass is 264 g/mol. The number of amides is 1. The van der Waals surface area contributed by atoms with Crippen molar-refractivity contribution >= 4 is 17.6 Å². The quantitative estimate of drug-likeness (QED) is 0.640. The molecule has 19 heavy (non-hydrogen) atoms. The Hall–Kier alpha value is -2.24. The normalized spacial score (nSPS) is 18.5. The third-order valence-corrected chi connectivity index (χ3v) is 3.06. The van der Waals surface area contributed by atoms with Crippen molar-refractivity contribution < 1.29 is 19.1 Å². The maximum atomic E-state index is 11.8. The van der Waals surface area contributed by atoms with Crippen LogP contribution in [0.25, 0.3) is 0 Å². The molecule has 0 saturated carbocycles. The first-order valence-corrected chi connectivity index (χ1v) is 5.92. The number of benzene rings is 1. The van der Waals surface area contributed by atoms with Gasteiger partial charge in [-0.25, -0.2) is 4.79 Å². The number of nitrogens with zero attached hydrogens (tertiary/aromatic N) is 1. The molecule has 6 heteroatoms. The molecule has 2 N–H and O–H groups in total. The summed E-state index contributed by atoms with van der Waals surface area (Å²) in [5.74, 6) is -0.316. The molecule has 0 radical (unpaired) electrons. The molecule has 1 aromatic carbocycles. The Bertz CT molecular complexity index is 515. The number of esters is 1. The molecule has 102 valence electrons. The lowest BCUT2D eigenvalue weighted by Crippen LogP contribution is -2.29. The van der Waals surface area contributed by atoms with E-state index < -0.39 is 12.1 Å². The smallest absolute Gasteiger partial charge is 0.341 e. The van der Waals surface area contributed by atoms with Gasteiger partial charge >= 0.3 is 5.97 Å². The van der Waals surface area contributed by atoms with E-state index in [0.717, 1.165) is 0 Å². The van der Waals surface area contributed by atoms with Crippen LogP contribution in [-0.2, 0) is 9.53 Å². The van der Waals surface area contributed by atoms with Crippen molar-refractivity contribution in [3.63, 3.8) is 0 Å². The van der Waals surface area contributed by atoms with E-state index in [1.807, 2.05) is 0 Å². The van der Waals surface area contributed by atoms with Crippen molar-refractivity contribution in [2.75, 3.05) is 26.4 Å². The molecule has 0 aromatic heterocycles. The van der Waals surface area contributed by atoms with Gasteiger partial charge in [-0.15, -0.1) is 0 Å². The van der Waals surface area contributed by atoms with Gasteiger partial charge in [-0.1, -0.05) is 0 Å². The third kappa shape index (κ3) is 2.62. The van der Waals surface area contributed by atoms with E-state index in [-0.39, 0.29) is 11.5 Å². The second-order valence-electron chi connectivity index (χ2n) is 4.40. The van der Waals surface area contributed by atoms with Gasteiger partial charge in [-0.3, -0.25) is 4.79 Å². The number of likely N-dealkylation sites (tertiary alicyclic amines) is 1. The fourth-order valence-corrected chi connectivity index (χ4v) is 1.97. The highest BCUT2D eigenvalue weighted by Gasteiger charge is 2.31. The zero-order valence-corrected chi connectivity index (χ0v) is 10.9. The zero-order valence-electron chi connectivity index (χ0n) is 10.9. The second kappa shape index (κ2) is 5.17. The summed E-state index contributed by atoms with van der Waals surface area (Å²) in [5.41, 5.74) is 6.30. The molecule has 1 fully saturated rings. The molecule has 1 amide bonds. The van der Waals surface area contributed by atoms with Crippen LogP contribution in [-0.4, -0.2) is 43.6 Å². The molecule has 2 rings (SSSR count). The Balaban J connectivity index is 2.25. The maximum absolute atomic E-state index is 11.8. The predicted octanol–water partition coefficient (Wildman–Crippen LogP) is 0.665. The van der Waals surface area contributed by atoms with E-state index in [0.29, 0.717) is 24.4 Å². The highest BCUT2D eigenvalue weighted by molar-refractivity contribution is 5.93. The molecule has 1 unspecified atom stereocenters. The van der Waals surface area contributed by atoms with Gasteiger partial charge in [0.05, 0.1) is 7.11 Å². The summed E-state index contributed by atoms with van der Waals surface area (Å²) in [7, 11) is 3.00. The molecule has 0 spiro atoms. The van der Waals surface area contributed by atoms with E-state index in [1.54, 1.807) is 24.1 Å². The summed E-state index contributed by atoms with van der Waals surface area (Å²) >= 11 is 0. The fraction of sp³-hybridized carbons (Fsp3) is 0.385. The second-order valence-corrected chi connectivity index (χ2v) is 4.40. The highest BCUT2D eigenvalue weighted by atomic mass is 16.5. The van der Waals surface area contributed by atoms with Gasteiger partial charge < -0.3 is 20.1 Å². The highest BCUT2D eigenvalue weighted by Crippen LogP contribution is 2.25. The van der Waals surface area contributed by atoms with Crippen molar-refractivity contribution in [3.05, 3.63) is 23.8 Å². The Morgan fingerprint density at radius 2 is 2.21 bits per heavy atom. The lowest BCUT2D eigenvalue weighted by Gasteiger charge is -2.15. The Labute approximate surface area is 111 Å². The van der Waals surface area contributed by atoms with Crippen LogP contribution in [0.3, 0.4) is 0 Å². The van der Waals surface area contributed by atoms with Gasteiger partial charge in [-0.05, 0) is 18.2 Å². The van der Waals surface area contributed by atoms with E-state index in [9.17, 15) is 9.59 Å². The zero-order chi connectivity index (χ0) is 14.0. The summed E-state index contributed by atoms with van der Waals surface area (Å²) < 4.78 is 10.3. The molecule has 1 aliphatic rings. The number of anilines is 1. The average Bonchev–Trinajstić information content (AvgIpc) is 2.71. The SMILES string of the molecule is COC(=O)c1cc(N)ccc1OC1CCN(C)C1=O. The number of nitrogen functional groups attached to an aromatic ring is 1. The van der Waals surface area contributed by atoms with Crippen molar-refractivity contribution in [1.82, 2.24) is 4.90 Å². The average molecular weight is 264 g/mol. The molecule has 1 aliphatic heterocycles. The first kappa shape index (κ1) is 13.2. The van der Waals surface area contributed by atoms with Crippen LogP contribution < -0.4 is 10.5 Å². The summed E-state index contributed by atoms with van der Waals surface area (Å²) in [6.45, 7) is 0.645. The number of methoxy groups -OCH3 is 1.